The van der Waals surface area contributed by atoms with Gasteiger partial charge in [0, 0.05) is 0 Å². The Kier molecular flexibility index (Phi) is 4.72. The summed E-state index contributed by atoms with van der Waals surface area (Å²) in [7, 11) is 0. The number of carbonyl (C=O) groups is 2. The van der Waals surface area contributed by atoms with E-state index in [0.717, 1.165) is 24.3 Å². The summed E-state index contributed by atoms with van der Waals surface area (Å²) in [6.45, 7) is 1.32. The van der Waals surface area contributed by atoms with Crippen LogP contribution in [0.3, 0.4) is 0 Å². The van der Waals surface area contributed by atoms with Crippen molar-refractivity contribution in [1.29, 1.82) is 0 Å². The minimum atomic E-state index is -4.49. The molecule has 0 radical (unpaired) electrons. The number of alkyl halides is 3. The second-order valence-electron chi connectivity index (χ2n) is 4.15. The zero-order chi connectivity index (χ0) is 15.5. The van der Waals surface area contributed by atoms with Crippen LogP contribution in [-0.4, -0.2) is 23.0 Å². The summed E-state index contributed by atoms with van der Waals surface area (Å²) in [6, 6.07) is 2.49. The fraction of sp³-hybridized carbons (Fsp3) is 0.333. The fourth-order valence-electron chi connectivity index (χ4n) is 1.37. The average molecular weight is 290 g/mol. The minimum absolute atomic E-state index is 0.0211. The van der Waals surface area contributed by atoms with Gasteiger partial charge in [-0.2, -0.15) is 13.2 Å². The van der Waals surface area contributed by atoms with E-state index in [1.54, 1.807) is 0 Å². The molecule has 0 aromatic heterocycles. The lowest BCUT2D eigenvalue weighted by molar-refractivity contribution is -0.137. The van der Waals surface area contributed by atoms with Crippen LogP contribution in [0.15, 0.2) is 24.3 Å². The van der Waals surface area contributed by atoms with E-state index in [-0.39, 0.29) is 5.56 Å². The van der Waals surface area contributed by atoms with Crippen molar-refractivity contribution in [3.63, 3.8) is 0 Å². The third-order valence-corrected chi connectivity index (χ3v) is 2.59. The van der Waals surface area contributed by atoms with E-state index in [9.17, 15) is 27.9 Å². The molecule has 4 N–H and O–H groups in total. The lowest BCUT2D eigenvalue weighted by atomic mass is 10.1. The molecule has 0 aliphatic heterocycles. The molecule has 2 amide bonds. The first kappa shape index (κ1) is 16.0. The van der Waals surface area contributed by atoms with Crippen molar-refractivity contribution in [3.05, 3.63) is 35.4 Å². The van der Waals surface area contributed by atoms with Crippen LogP contribution in [-0.2, 0) is 15.8 Å². The number of benzene rings is 1. The molecular weight excluding hydrogens is 277 g/mol. The van der Waals surface area contributed by atoms with Gasteiger partial charge in [-0.05, 0) is 24.6 Å². The number of nitrogens with one attached hydrogen (secondary N) is 1. The van der Waals surface area contributed by atoms with Gasteiger partial charge < -0.3 is 16.2 Å². The van der Waals surface area contributed by atoms with Crippen LogP contribution in [0.25, 0.3) is 0 Å². The van der Waals surface area contributed by atoms with Crippen LogP contribution in [0, 0.1) is 0 Å². The molecule has 5 nitrogen and oxygen atoms in total. The van der Waals surface area contributed by atoms with Crippen LogP contribution in [0.2, 0.25) is 0 Å². The van der Waals surface area contributed by atoms with E-state index in [4.69, 9.17) is 5.73 Å². The molecule has 0 saturated carbocycles. The molecule has 1 rings (SSSR count). The summed E-state index contributed by atoms with van der Waals surface area (Å²) in [6.07, 6.45) is -6.18. The monoisotopic (exact) mass is 290 g/mol. The number of halogens is 3. The van der Waals surface area contributed by atoms with Gasteiger partial charge in [0.25, 0.3) is 5.91 Å². The standard InChI is InChI=1S/C12H13F3N2O3/c1-6(10(16)19)17-11(20)9(18)7-2-4-8(5-3-7)12(13,14)15/h2-6,9,18H,1H3,(H2,16,19)(H,17,20)/t6-,9-/m1/s1. The number of hydrogen-bond donors (Lipinski definition) is 3. The van der Waals surface area contributed by atoms with Gasteiger partial charge in [-0.15, -0.1) is 0 Å². The number of amides is 2. The Bertz CT molecular complexity index is 500. The molecule has 0 fully saturated rings. The third kappa shape index (κ3) is 3.95. The van der Waals surface area contributed by atoms with E-state index in [2.05, 4.69) is 5.32 Å². The quantitative estimate of drug-likeness (QED) is 0.763. The largest absolute Gasteiger partial charge is 0.416 e. The maximum Gasteiger partial charge on any atom is 0.416 e. The second-order valence-corrected chi connectivity index (χ2v) is 4.15. The summed E-state index contributed by atoms with van der Waals surface area (Å²) >= 11 is 0. The SMILES string of the molecule is C[C@@H](NC(=O)[C@H](O)c1ccc(C(F)(F)F)cc1)C(N)=O. The second kappa shape index (κ2) is 5.91. The predicted molar refractivity (Wildman–Crippen MR) is 63.2 cm³/mol. The summed E-state index contributed by atoms with van der Waals surface area (Å²) < 4.78 is 37.0. The molecule has 0 spiro atoms. The van der Waals surface area contributed by atoms with Gasteiger partial charge >= 0.3 is 6.18 Å². The molecule has 0 heterocycles. The number of nitrogens with two attached hydrogens (primary N) is 1. The van der Waals surface area contributed by atoms with Crippen molar-refractivity contribution in [2.75, 3.05) is 0 Å². The predicted octanol–water partition coefficient (Wildman–Crippen LogP) is 0.729. The molecular formula is C12H13F3N2O3. The Labute approximate surface area is 112 Å². The highest BCUT2D eigenvalue weighted by Crippen LogP contribution is 2.29. The lowest BCUT2D eigenvalue weighted by Gasteiger charge is -2.15. The zero-order valence-corrected chi connectivity index (χ0v) is 10.4. The summed E-state index contributed by atoms with van der Waals surface area (Å²) in [5.74, 6) is -1.71. The summed E-state index contributed by atoms with van der Waals surface area (Å²) in [5.41, 5.74) is 4.02. The normalized spacial score (nSPS) is 14.4. The Hall–Kier alpha value is -2.09. The zero-order valence-electron chi connectivity index (χ0n) is 10.4. The van der Waals surface area contributed by atoms with Gasteiger partial charge in [-0.1, -0.05) is 12.1 Å². The van der Waals surface area contributed by atoms with Gasteiger partial charge in [0.2, 0.25) is 5.91 Å². The molecule has 8 heteroatoms. The van der Waals surface area contributed by atoms with Crippen molar-refractivity contribution in [2.24, 2.45) is 5.73 Å². The van der Waals surface area contributed by atoms with Crippen LogP contribution >= 0.6 is 0 Å². The average Bonchev–Trinajstić information content (AvgIpc) is 2.36. The number of hydrogen-bond acceptors (Lipinski definition) is 3. The van der Waals surface area contributed by atoms with E-state index in [1.165, 1.54) is 6.92 Å². The molecule has 0 unspecified atom stereocenters. The number of carbonyl (C=O) groups excluding carboxylic acids is 2. The van der Waals surface area contributed by atoms with Crippen LogP contribution < -0.4 is 11.1 Å². The van der Waals surface area contributed by atoms with Crippen molar-refractivity contribution >= 4 is 11.8 Å². The molecule has 1 aromatic carbocycles. The number of rotatable bonds is 4. The van der Waals surface area contributed by atoms with Crippen molar-refractivity contribution in [2.45, 2.75) is 25.2 Å². The topological polar surface area (TPSA) is 92.4 Å². The van der Waals surface area contributed by atoms with Gasteiger partial charge in [0.1, 0.15) is 6.04 Å². The van der Waals surface area contributed by atoms with E-state index >= 15 is 0 Å². The van der Waals surface area contributed by atoms with Gasteiger partial charge in [-0.3, -0.25) is 9.59 Å². The van der Waals surface area contributed by atoms with E-state index < -0.39 is 35.7 Å². The van der Waals surface area contributed by atoms with E-state index in [0.29, 0.717) is 0 Å². The Morgan fingerprint density at radius 2 is 1.75 bits per heavy atom. The molecule has 0 bridgehead atoms. The van der Waals surface area contributed by atoms with Gasteiger partial charge in [0.05, 0.1) is 5.56 Å². The summed E-state index contributed by atoms with van der Waals surface area (Å²) in [5, 5.41) is 11.8. The van der Waals surface area contributed by atoms with Crippen molar-refractivity contribution in [1.82, 2.24) is 5.32 Å². The fourth-order valence-corrected chi connectivity index (χ4v) is 1.37. The minimum Gasteiger partial charge on any atom is -0.378 e. The number of aliphatic hydroxyl groups excluding tert-OH is 1. The first-order chi connectivity index (χ1) is 9.12. The number of primary amides is 1. The Morgan fingerprint density at radius 1 is 1.25 bits per heavy atom. The Balaban J connectivity index is 2.80. The van der Waals surface area contributed by atoms with Gasteiger partial charge in [0.15, 0.2) is 6.10 Å². The maximum absolute atomic E-state index is 12.3. The first-order valence-corrected chi connectivity index (χ1v) is 5.58. The van der Waals surface area contributed by atoms with Crippen LogP contribution in [0.5, 0.6) is 0 Å². The molecule has 110 valence electrons. The molecule has 0 aliphatic carbocycles. The smallest absolute Gasteiger partial charge is 0.378 e. The molecule has 0 saturated heterocycles. The van der Waals surface area contributed by atoms with E-state index in [1.807, 2.05) is 0 Å². The maximum atomic E-state index is 12.3. The molecule has 0 aliphatic rings. The third-order valence-electron chi connectivity index (χ3n) is 2.59. The number of aliphatic hydroxyl groups is 1. The Morgan fingerprint density at radius 3 is 2.15 bits per heavy atom. The lowest BCUT2D eigenvalue weighted by Crippen LogP contribution is -2.44. The first-order valence-electron chi connectivity index (χ1n) is 5.58. The van der Waals surface area contributed by atoms with Crippen LogP contribution in [0.1, 0.15) is 24.2 Å². The van der Waals surface area contributed by atoms with Crippen molar-refractivity contribution in [3.8, 4) is 0 Å². The highest BCUT2D eigenvalue weighted by atomic mass is 19.4. The highest BCUT2D eigenvalue weighted by molar-refractivity contribution is 5.88. The summed E-state index contributed by atoms with van der Waals surface area (Å²) in [4.78, 5) is 22.3. The highest BCUT2D eigenvalue weighted by Gasteiger charge is 2.30. The molecule has 2 atom stereocenters. The van der Waals surface area contributed by atoms with Crippen LogP contribution in [0.4, 0.5) is 13.2 Å². The molecule has 20 heavy (non-hydrogen) atoms. The van der Waals surface area contributed by atoms with Gasteiger partial charge in [-0.25, -0.2) is 0 Å². The molecule has 1 aromatic rings. The van der Waals surface area contributed by atoms with Crippen molar-refractivity contribution < 1.29 is 27.9 Å².